The standard InChI is InChI=1S/C10H20N2O3S/c1-8(5-7-16-3)12(2)10(15)11-6-4-9(13)14/h8H,4-7H2,1-3H3,(H,11,15)(H,13,14). The minimum Gasteiger partial charge on any atom is -0.481 e. The number of amides is 2. The van der Waals surface area contributed by atoms with E-state index in [0.717, 1.165) is 12.2 Å². The van der Waals surface area contributed by atoms with Crippen molar-refractivity contribution in [1.82, 2.24) is 10.2 Å². The third kappa shape index (κ3) is 6.55. The van der Waals surface area contributed by atoms with Gasteiger partial charge in [0.2, 0.25) is 0 Å². The van der Waals surface area contributed by atoms with Crippen molar-refractivity contribution < 1.29 is 14.7 Å². The van der Waals surface area contributed by atoms with Crippen LogP contribution in [0.2, 0.25) is 0 Å². The topological polar surface area (TPSA) is 69.6 Å². The Morgan fingerprint density at radius 3 is 2.62 bits per heavy atom. The largest absolute Gasteiger partial charge is 0.481 e. The van der Waals surface area contributed by atoms with Crippen LogP contribution in [0.5, 0.6) is 0 Å². The zero-order valence-electron chi connectivity index (χ0n) is 10.0. The summed E-state index contributed by atoms with van der Waals surface area (Å²) in [6, 6.07) is -0.0490. The van der Waals surface area contributed by atoms with Gasteiger partial charge in [0.15, 0.2) is 0 Å². The van der Waals surface area contributed by atoms with Crippen molar-refractivity contribution in [2.45, 2.75) is 25.8 Å². The molecular weight excluding hydrogens is 228 g/mol. The molecule has 16 heavy (non-hydrogen) atoms. The lowest BCUT2D eigenvalue weighted by molar-refractivity contribution is -0.136. The molecule has 0 aromatic carbocycles. The Morgan fingerprint density at radius 1 is 1.50 bits per heavy atom. The molecule has 0 aliphatic rings. The van der Waals surface area contributed by atoms with Gasteiger partial charge in [-0.1, -0.05) is 0 Å². The van der Waals surface area contributed by atoms with E-state index in [4.69, 9.17) is 5.11 Å². The molecule has 0 spiro atoms. The predicted molar refractivity (Wildman–Crippen MR) is 65.9 cm³/mol. The van der Waals surface area contributed by atoms with Crippen LogP contribution < -0.4 is 5.32 Å². The van der Waals surface area contributed by atoms with E-state index in [-0.39, 0.29) is 25.0 Å². The van der Waals surface area contributed by atoms with E-state index in [1.165, 1.54) is 0 Å². The van der Waals surface area contributed by atoms with Crippen LogP contribution >= 0.6 is 11.8 Å². The van der Waals surface area contributed by atoms with E-state index >= 15 is 0 Å². The highest BCUT2D eigenvalue weighted by atomic mass is 32.2. The Labute approximate surface area is 101 Å². The molecule has 1 atom stereocenters. The maximum Gasteiger partial charge on any atom is 0.317 e. The number of aliphatic carboxylic acids is 1. The smallest absolute Gasteiger partial charge is 0.317 e. The molecule has 5 nitrogen and oxygen atoms in total. The molecule has 0 aliphatic heterocycles. The normalized spacial score (nSPS) is 11.9. The van der Waals surface area contributed by atoms with E-state index < -0.39 is 5.97 Å². The number of rotatable bonds is 7. The average Bonchev–Trinajstić information content (AvgIpc) is 2.24. The molecule has 0 radical (unpaired) electrons. The SMILES string of the molecule is CSCCC(C)N(C)C(=O)NCCC(=O)O. The van der Waals surface area contributed by atoms with Crippen LogP contribution in [0.15, 0.2) is 0 Å². The van der Waals surface area contributed by atoms with Gasteiger partial charge in [-0.15, -0.1) is 0 Å². The first-order valence-corrected chi connectivity index (χ1v) is 6.59. The molecule has 6 heteroatoms. The van der Waals surface area contributed by atoms with Gasteiger partial charge in [-0.05, 0) is 25.4 Å². The van der Waals surface area contributed by atoms with Crippen LogP contribution in [0, 0.1) is 0 Å². The van der Waals surface area contributed by atoms with Gasteiger partial charge in [0, 0.05) is 19.6 Å². The number of hydrogen-bond acceptors (Lipinski definition) is 3. The lowest BCUT2D eigenvalue weighted by Crippen LogP contribution is -2.43. The molecule has 0 bridgehead atoms. The highest BCUT2D eigenvalue weighted by molar-refractivity contribution is 7.98. The van der Waals surface area contributed by atoms with Crippen molar-refractivity contribution >= 4 is 23.8 Å². The third-order valence-electron chi connectivity index (χ3n) is 2.34. The molecule has 0 aromatic heterocycles. The summed E-state index contributed by atoms with van der Waals surface area (Å²) in [5.74, 6) is 0.104. The summed E-state index contributed by atoms with van der Waals surface area (Å²) < 4.78 is 0. The van der Waals surface area contributed by atoms with Crippen molar-refractivity contribution in [3.8, 4) is 0 Å². The molecule has 0 heterocycles. The summed E-state index contributed by atoms with van der Waals surface area (Å²) >= 11 is 1.74. The van der Waals surface area contributed by atoms with Gasteiger partial charge in [-0.3, -0.25) is 4.79 Å². The van der Waals surface area contributed by atoms with Gasteiger partial charge in [0.1, 0.15) is 0 Å². The zero-order valence-corrected chi connectivity index (χ0v) is 10.8. The summed E-state index contributed by atoms with van der Waals surface area (Å²) in [7, 11) is 1.72. The molecule has 0 rings (SSSR count). The highest BCUT2D eigenvalue weighted by Crippen LogP contribution is 2.05. The van der Waals surface area contributed by atoms with E-state index in [9.17, 15) is 9.59 Å². The summed E-state index contributed by atoms with van der Waals surface area (Å²) in [6.45, 7) is 2.15. The predicted octanol–water partition coefficient (Wildman–Crippen LogP) is 1.24. The maximum atomic E-state index is 11.5. The first-order valence-electron chi connectivity index (χ1n) is 5.20. The molecule has 0 aromatic rings. The third-order valence-corrected chi connectivity index (χ3v) is 2.98. The van der Waals surface area contributed by atoms with Crippen LogP contribution in [0.3, 0.4) is 0 Å². The number of thioether (sulfide) groups is 1. The first kappa shape index (κ1) is 15.1. The van der Waals surface area contributed by atoms with Crippen LogP contribution in [-0.2, 0) is 4.79 Å². The summed E-state index contributed by atoms with van der Waals surface area (Å²) in [5, 5.41) is 11.0. The molecule has 2 N–H and O–H groups in total. The number of hydrogen-bond donors (Lipinski definition) is 2. The van der Waals surface area contributed by atoms with Crippen molar-refractivity contribution in [3.63, 3.8) is 0 Å². The Bertz CT molecular complexity index is 236. The van der Waals surface area contributed by atoms with Crippen molar-refractivity contribution in [2.75, 3.05) is 25.6 Å². The molecular formula is C10H20N2O3S. The average molecular weight is 248 g/mol. The van der Waals surface area contributed by atoms with E-state index in [1.54, 1.807) is 23.7 Å². The Kier molecular flexibility index (Phi) is 7.80. The van der Waals surface area contributed by atoms with Crippen molar-refractivity contribution in [3.05, 3.63) is 0 Å². The minimum atomic E-state index is -0.904. The monoisotopic (exact) mass is 248 g/mol. The number of carbonyl (C=O) groups excluding carboxylic acids is 1. The maximum absolute atomic E-state index is 11.5. The van der Waals surface area contributed by atoms with Gasteiger partial charge in [0.05, 0.1) is 6.42 Å². The second-order valence-electron chi connectivity index (χ2n) is 3.62. The fourth-order valence-electron chi connectivity index (χ4n) is 1.08. The Morgan fingerprint density at radius 2 is 2.12 bits per heavy atom. The molecule has 0 saturated carbocycles. The summed E-state index contributed by atoms with van der Waals surface area (Å²) in [5.41, 5.74) is 0. The number of urea groups is 1. The quantitative estimate of drug-likeness (QED) is 0.711. The van der Waals surface area contributed by atoms with Crippen molar-refractivity contribution in [1.29, 1.82) is 0 Å². The Hall–Kier alpha value is -0.910. The second kappa shape index (κ2) is 8.27. The number of carboxylic acids is 1. The van der Waals surface area contributed by atoms with E-state index in [1.807, 2.05) is 13.2 Å². The van der Waals surface area contributed by atoms with E-state index in [0.29, 0.717) is 0 Å². The summed E-state index contributed by atoms with van der Waals surface area (Å²) in [4.78, 5) is 23.4. The fraction of sp³-hybridized carbons (Fsp3) is 0.800. The van der Waals surface area contributed by atoms with Gasteiger partial charge < -0.3 is 15.3 Å². The highest BCUT2D eigenvalue weighted by Gasteiger charge is 2.14. The van der Waals surface area contributed by atoms with Gasteiger partial charge in [-0.25, -0.2) is 4.79 Å². The fourth-order valence-corrected chi connectivity index (χ4v) is 1.66. The number of carbonyl (C=O) groups is 2. The summed E-state index contributed by atoms with van der Waals surface area (Å²) in [6.07, 6.45) is 2.92. The molecule has 2 amide bonds. The van der Waals surface area contributed by atoms with Crippen LogP contribution in [0.1, 0.15) is 19.8 Å². The van der Waals surface area contributed by atoms with Crippen LogP contribution in [0.4, 0.5) is 4.79 Å². The molecule has 94 valence electrons. The Balaban J connectivity index is 3.83. The lowest BCUT2D eigenvalue weighted by atomic mass is 10.2. The van der Waals surface area contributed by atoms with Gasteiger partial charge in [-0.2, -0.15) is 11.8 Å². The van der Waals surface area contributed by atoms with Gasteiger partial charge in [0.25, 0.3) is 0 Å². The zero-order chi connectivity index (χ0) is 12.6. The second-order valence-corrected chi connectivity index (χ2v) is 4.60. The van der Waals surface area contributed by atoms with Crippen LogP contribution in [-0.4, -0.2) is 53.6 Å². The van der Waals surface area contributed by atoms with Crippen molar-refractivity contribution in [2.24, 2.45) is 0 Å². The lowest BCUT2D eigenvalue weighted by Gasteiger charge is -2.24. The van der Waals surface area contributed by atoms with Gasteiger partial charge >= 0.3 is 12.0 Å². The number of carboxylic acid groups (broad SMARTS) is 1. The van der Waals surface area contributed by atoms with E-state index in [2.05, 4.69) is 5.32 Å². The molecule has 0 aliphatic carbocycles. The minimum absolute atomic E-state index is 0.0429. The molecule has 0 fully saturated rings. The molecule has 0 saturated heterocycles. The number of nitrogens with one attached hydrogen (secondary N) is 1. The van der Waals surface area contributed by atoms with Crippen LogP contribution in [0.25, 0.3) is 0 Å². The first-order chi connectivity index (χ1) is 7.49. The molecule has 1 unspecified atom stereocenters. The number of nitrogens with zero attached hydrogens (tertiary/aromatic N) is 1.